The molecule has 2 aromatic rings. The third-order valence-electron chi connectivity index (χ3n) is 2.68. The van der Waals surface area contributed by atoms with E-state index in [0.717, 1.165) is 24.5 Å². The number of nitrogens with zero attached hydrogens (tertiary/aromatic N) is 2. The van der Waals surface area contributed by atoms with E-state index in [0.29, 0.717) is 0 Å². The Hall–Kier alpha value is -1.83. The molecule has 0 fully saturated rings. The Labute approximate surface area is 88.9 Å². The zero-order chi connectivity index (χ0) is 10.1. The van der Waals surface area contributed by atoms with Crippen molar-refractivity contribution in [1.82, 2.24) is 9.55 Å². The lowest BCUT2D eigenvalue weighted by Gasteiger charge is -2.05. The van der Waals surface area contributed by atoms with E-state index in [1.807, 2.05) is 18.2 Å². The minimum Gasteiger partial charge on any atom is -0.331 e. The summed E-state index contributed by atoms with van der Waals surface area (Å²) in [6.07, 6.45) is 7.51. The number of fused-ring (bicyclic) bond motifs is 1. The molecular weight excluding hydrogens is 184 g/mol. The van der Waals surface area contributed by atoms with Crippen LogP contribution in [-0.4, -0.2) is 9.55 Å². The fraction of sp³-hybridized carbons (Fsp3) is 0.154. The lowest BCUT2D eigenvalue weighted by Crippen LogP contribution is -2.01. The van der Waals surface area contributed by atoms with E-state index in [1.54, 1.807) is 0 Å². The molecule has 1 aromatic carbocycles. The van der Waals surface area contributed by atoms with Gasteiger partial charge in [-0.05, 0) is 12.5 Å². The highest BCUT2D eigenvalue weighted by atomic mass is 15.1. The van der Waals surface area contributed by atoms with Crippen molar-refractivity contribution < 1.29 is 0 Å². The number of aryl methyl sites for hydroxylation is 1. The van der Waals surface area contributed by atoms with E-state index in [1.165, 1.54) is 5.56 Å². The number of allylic oxidation sites excluding steroid dienone is 1. The second kappa shape index (κ2) is 3.39. The number of rotatable bonds is 1. The first-order valence-corrected chi connectivity index (χ1v) is 5.22. The molecule has 3 rings (SSSR count). The summed E-state index contributed by atoms with van der Waals surface area (Å²) in [5, 5.41) is 0. The van der Waals surface area contributed by atoms with Gasteiger partial charge in [-0.25, -0.2) is 4.98 Å². The van der Waals surface area contributed by atoms with Gasteiger partial charge in [0, 0.05) is 18.3 Å². The van der Waals surface area contributed by atoms with Crippen LogP contribution in [0.2, 0.25) is 0 Å². The Kier molecular flexibility index (Phi) is 1.91. The van der Waals surface area contributed by atoms with Crippen molar-refractivity contribution in [2.75, 3.05) is 0 Å². The fourth-order valence-corrected chi connectivity index (χ4v) is 1.89. The molecule has 0 aliphatic carbocycles. The summed E-state index contributed by atoms with van der Waals surface area (Å²) >= 11 is 0. The molecule has 74 valence electrons. The van der Waals surface area contributed by atoms with Gasteiger partial charge in [-0.3, -0.25) is 0 Å². The summed E-state index contributed by atoms with van der Waals surface area (Å²) in [6, 6.07) is 10.3. The van der Waals surface area contributed by atoms with Crippen LogP contribution in [0.4, 0.5) is 0 Å². The van der Waals surface area contributed by atoms with Crippen LogP contribution in [0.1, 0.15) is 12.2 Å². The zero-order valence-corrected chi connectivity index (χ0v) is 8.43. The Morgan fingerprint density at radius 1 is 1.13 bits per heavy atom. The largest absolute Gasteiger partial charge is 0.331 e. The summed E-state index contributed by atoms with van der Waals surface area (Å²) in [4.78, 5) is 4.60. The van der Waals surface area contributed by atoms with Gasteiger partial charge >= 0.3 is 0 Å². The number of benzene rings is 1. The Morgan fingerprint density at radius 2 is 2.00 bits per heavy atom. The zero-order valence-electron chi connectivity index (χ0n) is 8.43. The maximum atomic E-state index is 4.60. The van der Waals surface area contributed by atoms with E-state index in [9.17, 15) is 0 Å². The molecule has 0 radical (unpaired) electrons. The van der Waals surface area contributed by atoms with Crippen molar-refractivity contribution in [3.8, 4) is 11.3 Å². The highest BCUT2D eigenvalue weighted by molar-refractivity contribution is 5.60. The number of imidazole rings is 1. The smallest absolute Gasteiger partial charge is 0.133 e. The monoisotopic (exact) mass is 196 g/mol. The molecule has 0 unspecified atom stereocenters. The average Bonchev–Trinajstić information content (AvgIpc) is 2.74. The van der Waals surface area contributed by atoms with E-state index < -0.39 is 0 Å². The van der Waals surface area contributed by atoms with Crippen LogP contribution in [0.25, 0.3) is 17.3 Å². The number of hydrogen-bond donors (Lipinski definition) is 0. The van der Waals surface area contributed by atoms with Crippen molar-refractivity contribution in [3.63, 3.8) is 0 Å². The summed E-state index contributed by atoms with van der Waals surface area (Å²) in [6.45, 7) is 1.05. The Morgan fingerprint density at radius 3 is 2.80 bits per heavy atom. The SMILES string of the molecule is C1=Cc2nc(-c3ccccc3)cn2CC1. The van der Waals surface area contributed by atoms with E-state index in [2.05, 4.69) is 40.0 Å². The first-order valence-electron chi connectivity index (χ1n) is 5.22. The molecule has 0 saturated carbocycles. The summed E-state index contributed by atoms with van der Waals surface area (Å²) in [5.41, 5.74) is 2.25. The molecule has 0 bridgehead atoms. The van der Waals surface area contributed by atoms with Crippen LogP contribution in [-0.2, 0) is 6.54 Å². The molecule has 0 saturated heterocycles. The highest BCUT2D eigenvalue weighted by Crippen LogP contribution is 2.20. The molecule has 1 aliphatic heterocycles. The molecule has 0 spiro atoms. The van der Waals surface area contributed by atoms with Gasteiger partial charge in [-0.15, -0.1) is 0 Å². The second-order valence-corrected chi connectivity index (χ2v) is 3.73. The van der Waals surface area contributed by atoms with Crippen LogP contribution in [0.15, 0.2) is 42.6 Å². The molecule has 0 atom stereocenters. The predicted molar refractivity (Wildman–Crippen MR) is 61.3 cm³/mol. The van der Waals surface area contributed by atoms with Crippen LogP contribution >= 0.6 is 0 Å². The van der Waals surface area contributed by atoms with Crippen molar-refractivity contribution in [2.45, 2.75) is 13.0 Å². The molecule has 15 heavy (non-hydrogen) atoms. The molecule has 2 nitrogen and oxygen atoms in total. The first-order chi connectivity index (χ1) is 7.43. The molecule has 1 aromatic heterocycles. The first kappa shape index (κ1) is 8.48. The molecule has 1 aliphatic rings. The Bertz CT molecular complexity index is 495. The predicted octanol–water partition coefficient (Wildman–Crippen LogP) is 2.97. The van der Waals surface area contributed by atoms with Gasteiger partial charge in [0.2, 0.25) is 0 Å². The van der Waals surface area contributed by atoms with E-state index in [-0.39, 0.29) is 0 Å². The van der Waals surface area contributed by atoms with Crippen molar-refractivity contribution in [2.24, 2.45) is 0 Å². The van der Waals surface area contributed by atoms with Crippen LogP contribution in [0, 0.1) is 0 Å². The molecule has 0 amide bonds. The molecule has 0 N–H and O–H groups in total. The van der Waals surface area contributed by atoms with Crippen molar-refractivity contribution >= 4 is 6.08 Å². The fourth-order valence-electron chi connectivity index (χ4n) is 1.89. The molecule has 2 heteroatoms. The topological polar surface area (TPSA) is 17.8 Å². The number of hydrogen-bond acceptors (Lipinski definition) is 1. The average molecular weight is 196 g/mol. The van der Waals surface area contributed by atoms with Crippen molar-refractivity contribution in [1.29, 1.82) is 0 Å². The molecular formula is C13H12N2. The number of aromatic nitrogens is 2. The normalized spacial score (nSPS) is 13.9. The molecule has 2 heterocycles. The highest BCUT2D eigenvalue weighted by Gasteiger charge is 2.08. The van der Waals surface area contributed by atoms with Crippen LogP contribution in [0.3, 0.4) is 0 Å². The third-order valence-corrected chi connectivity index (χ3v) is 2.68. The maximum Gasteiger partial charge on any atom is 0.133 e. The third kappa shape index (κ3) is 1.48. The van der Waals surface area contributed by atoms with Gasteiger partial charge in [-0.1, -0.05) is 36.4 Å². The van der Waals surface area contributed by atoms with Gasteiger partial charge in [0.1, 0.15) is 5.82 Å². The van der Waals surface area contributed by atoms with Crippen molar-refractivity contribution in [3.05, 3.63) is 48.4 Å². The lowest BCUT2D eigenvalue weighted by atomic mass is 10.2. The summed E-state index contributed by atoms with van der Waals surface area (Å²) < 4.78 is 2.21. The van der Waals surface area contributed by atoms with E-state index in [4.69, 9.17) is 0 Å². The van der Waals surface area contributed by atoms with E-state index >= 15 is 0 Å². The van der Waals surface area contributed by atoms with Crippen LogP contribution in [0.5, 0.6) is 0 Å². The summed E-state index contributed by atoms with van der Waals surface area (Å²) in [7, 11) is 0. The van der Waals surface area contributed by atoms with Gasteiger partial charge in [0.25, 0.3) is 0 Å². The quantitative estimate of drug-likeness (QED) is 0.685. The minimum absolute atomic E-state index is 1.05. The lowest BCUT2D eigenvalue weighted by molar-refractivity contribution is 0.689. The van der Waals surface area contributed by atoms with Gasteiger partial charge in [-0.2, -0.15) is 0 Å². The Balaban J connectivity index is 2.07. The second-order valence-electron chi connectivity index (χ2n) is 3.73. The maximum absolute atomic E-state index is 4.60. The van der Waals surface area contributed by atoms with Gasteiger partial charge in [0.05, 0.1) is 5.69 Å². The van der Waals surface area contributed by atoms with Gasteiger partial charge in [0.15, 0.2) is 0 Å². The standard InChI is InChI=1S/C13H12N2/c1-2-6-11(7-3-1)12-10-15-9-5-4-8-13(15)14-12/h1-4,6-8,10H,5,9H2. The minimum atomic E-state index is 1.05. The van der Waals surface area contributed by atoms with Gasteiger partial charge < -0.3 is 4.57 Å². The summed E-state index contributed by atoms with van der Waals surface area (Å²) in [5.74, 6) is 1.07. The van der Waals surface area contributed by atoms with Crippen LogP contribution < -0.4 is 0 Å².